The average Bonchev–Trinajstić information content (AvgIpc) is 0.650. The zero-order chi connectivity index (χ0) is 5.45. The molecule has 10 N–H and O–H groups in total. The van der Waals surface area contributed by atoms with Crippen LogP contribution in [0.25, 0.3) is 0 Å². The maximum absolute atomic E-state index is 4.84. The van der Waals surface area contributed by atoms with E-state index in [0.717, 1.165) is 0 Å². The van der Waals surface area contributed by atoms with Gasteiger partial charge in [0, 0.05) is 0 Å². The van der Waals surface area contributed by atoms with Crippen molar-refractivity contribution in [3.63, 3.8) is 0 Å². The van der Waals surface area contributed by atoms with Crippen molar-refractivity contribution in [2.45, 2.75) is 0 Å². The Balaban J connectivity index is 0. The predicted octanol–water partition coefficient (Wildman–Crippen LogP) is -2.53. The Labute approximate surface area is 49.6 Å². The van der Waals surface area contributed by atoms with Crippen molar-refractivity contribution in [3.05, 3.63) is 0 Å². The minimum atomic E-state index is -3.54. The second-order valence-electron chi connectivity index (χ2n) is 1.11. The van der Waals surface area contributed by atoms with Gasteiger partial charge in [0.15, 0.2) is 0 Å². The second-order valence-corrected chi connectivity index (χ2v) is 4.58. The van der Waals surface area contributed by atoms with Crippen LogP contribution in [0.2, 0.25) is 0 Å². The molecule has 0 atom stereocenters. The molecule has 0 fully saturated rings. The van der Waals surface area contributed by atoms with E-state index in [1.165, 1.54) is 0 Å². The van der Waals surface area contributed by atoms with Crippen molar-refractivity contribution in [3.8, 4) is 0 Å². The fraction of sp³-hybridized carbons (Fsp3) is 0. The van der Waals surface area contributed by atoms with E-state index in [2.05, 4.69) is 0 Å². The van der Waals surface area contributed by atoms with Crippen molar-refractivity contribution < 1.29 is 12.7 Å². The molecule has 0 unspecified atom stereocenters. The molecule has 0 aliphatic rings. The first kappa shape index (κ1) is 10.6. The number of hydrogen-bond donors (Lipinski definition) is 5. The third-order valence-electron chi connectivity index (χ3n) is 0. The van der Waals surface area contributed by atoms with Crippen molar-refractivity contribution in [1.29, 1.82) is 0 Å². The minimum absolute atomic E-state index is 0. The Hall–Kier alpha value is 0.596. The van der Waals surface area contributed by atoms with E-state index in [1.807, 2.05) is 0 Å². The zero-order valence-corrected chi connectivity index (χ0v) is 5.49. The van der Waals surface area contributed by atoms with E-state index < -0.39 is 12.7 Å². The van der Waals surface area contributed by atoms with E-state index in [0.29, 0.717) is 0 Å². The molecule has 0 spiro atoms. The molecule has 0 bridgehead atoms. The number of halogens is 1. The quantitative estimate of drug-likeness (QED) is 0.277. The van der Waals surface area contributed by atoms with Gasteiger partial charge in [0.25, 0.3) is 0 Å². The van der Waals surface area contributed by atoms with Gasteiger partial charge in [0.2, 0.25) is 0 Å². The number of hydrogen-bond acceptors (Lipinski definition) is 5. The van der Waals surface area contributed by atoms with Gasteiger partial charge < -0.3 is 0 Å². The molecular formula is H11ClCoN5. The van der Waals surface area contributed by atoms with Gasteiger partial charge in [0.05, 0.1) is 0 Å². The molecule has 0 aromatic carbocycles. The van der Waals surface area contributed by atoms with Gasteiger partial charge >= 0.3 is 36.6 Å². The summed E-state index contributed by atoms with van der Waals surface area (Å²) in [5, 5.41) is 0. The van der Waals surface area contributed by atoms with Crippen LogP contribution in [0.15, 0.2) is 0 Å². The Kier molecular flexibility index (Phi) is 2.77. The summed E-state index contributed by atoms with van der Waals surface area (Å²) in [7, 11) is 0. The van der Waals surface area contributed by atoms with Gasteiger partial charge in [0.1, 0.15) is 0 Å². The molecule has 7 heavy (non-hydrogen) atoms. The molecule has 0 rings (SSSR count). The van der Waals surface area contributed by atoms with Gasteiger partial charge in [-0.05, 0) is 0 Å². The summed E-state index contributed by atoms with van der Waals surface area (Å²) < 4.78 is 0. The van der Waals surface area contributed by atoms with Crippen LogP contribution in [0.1, 0.15) is 0 Å². The summed E-state index contributed by atoms with van der Waals surface area (Å²) in [6, 6.07) is 0. The molecular weight excluding hydrogens is 164 g/mol. The van der Waals surface area contributed by atoms with Crippen LogP contribution in [0.4, 0.5) is 0 Å². The standard InChI is InChI=1S/ClH.Co.5H2N/h1H;;5*1H2/q;+5;5*-1. The fourth-order valence-corrected chi connectivity index (χ4v) is 0. The molecule has 0 aromatic heterocycles. The van der Waals surface area contributed by atoms with Gasteiger partial charge in [-0.15, -0.1) is 12.4 Å². The molecule has 0 aliphatic heterocycles. The molecule has 0 aromatic rings. The Morgan fingerprint density at radius 2 is 0.714 bits per heavy atom. The Morgan fingerprint density at radius 1 is 0.714 bits per heavy atom. The molecule has 52 valence electrons. The predicted molar refractivity (Wildman–Crippen MR) is 28.2 cm³/mol. The monoisotopic (exact) mass is 175 g/mol. The first-order valence-corrected chi connectivity index (χ1v) is 3.97. The van der Waals surface area contributed by atoms with Gasteiger partial charge in [-0.1, -0.05) is 0 Å². The van der Waals surface area contributed by atoms with Crippen LogP contribution in [0, 0.1) is 0 Å². The van der Waals surface area contributed by atoms with Crippen LogP contribution < -0.4 is 23.9 Å². The normalized spacial score (nSPS) is 16.4. The van der Waals surface area contributed by atoms with E-state index in [4.69, 9.17) is 23.9 Å². The van der Waals surface area contributed by atoms with Crippen LogP contribution in [-0.4, -0.2) is 0 Å². The third kappa shape index (κ3) is 392. The maximum atomic E-state index is 4.84. The first-order chi connectivity index (χ1) is 2.24. The Bertz CT molecular complexity index is 41.3. The summed E-state index contributed by atoms with van der Waals surface area (Å²) in [6.45, 7) is 0. The van der Waals surface area contributed by atoms with E-state index in [-0.39, 0.29) is 12.4 Å². The van der Waals surface area contributed by atoms with Crippen LogP contribution in [-0.2, 0) is 12.7 Å². The topological polar surface area (TPSA) is 130 Å². The van der Waals surface area contributed by atoms with Crippen molar-refractivity contribution in [2.75, 3.05) is 0 Å². The molecule has 0 aliphatic carbocycles. The van der Waals surface area contributed by atoms with Gasteiger partial charge in [-0.2, -0.15) is 0 Å². The van der Waals surface area contributed by atoms with E-state index in [9.17, 15) is 0 Å². The second kappa shape index (κ2) is 1.84. The molecule has 7 heteroatoms. The molecule has 0 saturated carbocycles. The molecule has 0 saturated heterocycles. The van der Waals surface area contributed by atoms with Crippen molar-refractivity contribution in [1.82, 2.24) is 0 Å². The van der Waals surface area contributed by atoms with Crippen LogP contribution >= 0.6 is 12.4 Å². The fourth-order valence-electron chi connectivity index (χ4n) is 0. The van der Waals surface area contributed by atoms with Crippen molar-refractivity contribution in [2.24, 2.45) is 23.9 Å². The SMILES string of the molecule is Cl.[NH2][Co]([NH2])([NH2])([NH2])[NH2]. The number of rotatable bonds is 0. The molecule has 0 amide bonds. The van der Waals surface area contributed by atoms with E-state index in [1.54, 1.807) is 0 Å². The summed E-state index contributed by atoms with van der Waals surface area (Å²) in [4.78, 5) is 24.2. The van der Waals surface area contributed by atoms with Crippen LogP contribution in [0.5, 0.6) is 0 Å². The first-order valence-electron chi connectivity index (χ1n) is 0.962. The molecule has 0 radical (unpaired) electrons. The van der Waals surface area contributed by atoms with Gasteiger partial charge in [-0.25, -0.2) is 0 Å². The average molecular weight is 176 g/mol. The summed E-state index contributed by atoms with van der Waals surface area (Å²) in [5.41, 5.74) is 0. The van der Waals surface area contributed by atoms with Crippen molar-refractivity contribution >= 4 is 12.4 Å². The number of nitrogens with two attached hydrogens (primary N) is 5. The van der Waals surface area contributed by atoms with Gasteiger partial charge in [-0.3, -0.25) is 0 Å². The third-order valence-corrected chi connectivity index (χ3v) is 0. The summed E-state index contributed by atoms with van der Waals surface area (Å²) >= 11 is -3.54. The van der Waals surface area contributed by atoms with Crippen LogP contribution in [0.3, 0.4) is 0 Å². The molecule has 5 nitrogen and oxygen atoms in total. The Morgan fingerprint density at radius 3 is 0.714 bits per heavy atom. The molecule has 0 heterocycles. The zero-order valence-electron chi connectivity index (χ0n) is 3.63. The van der Waals surface area contributed by atoms with E-state index >= 15 is 0 Å². The summed E-state index contributed by atoms with van der Waals surface area (Å²) in [6.07, 6.45) is 0. The summed E-state index contributed by atoms with van der Waals surface area (Å²) in [5.74, 6) is 0.